The van der Waals surface area contributed by atoms with E-state index >= 15 is 0 Å². The summed E-state index contributed by atoms with van der Waals surface area (Å²) in [6.07, 6.45) is 3.44. The molecule has 0 aliphatic heterocycles. The van der Waals surface area contributed by atoms with E-state index in [1.165, 1.54) is 11.1 Å². The molecule has 21 heavy (non-hydrogen) atoms. The van der Waals surface area contributed by atoms with Crippen LogP contribution in [-0.4, -0.2) is 19.5 Å². The molecule has 0 aliphatic carbocycles. The molecule has 0 aliphatic rings. The predicted molar refractivity (Wildman–Crippen MR) is 80.5 cm³/mol. The highest BCUT2D eigenvalue weighted by atomic mass is 16.2. The number of hydrogen-bond donors (Lipinski definition) is 2. The summed E-state index contributed by atoms with van der Waals surface area (Å²) in [5.74, 6) is 0. The van der Waals surface area contributed by atoms with Crippen molar-refractivity contribution in [1.82, 2.24) is 19.5 Å². The van der Waals surface area contributed by atoms with Gasteiger partial charge in [0.25, 0.3) is 5.56 Å². The van der Waals surface area contributed by atoms with Gasteiger partial charge in [-0.15, -0.1) is 0 Å². The van der Waals surface area contributed by atoms with Crippen LogP contribution in [0, 0.1) is 6.92 Å². The summed E-state index contributed by atoms with van der Waals surface area (Å²) in [7, 11) is 0. The minimum absolute atomic E-state index is 0.269. The van der Waals surface area contributed by atoms with Gasteiger partial charge in [-0.3, -0.25) is 14.8 Å². The fourth-order valence-electron chi connectivity index (χ4n) is 2.48. The number of nitrogens with zero attached hydrogens (tertiary/aromatic N) is 2. The van der Waals surface area contributed by atoms with Gasteiger partial charge in [0.2, 0.25) is 0 Å². The number of imidazole rings is 1. The zero-order valence-electron chi connectivity index (χ0n) is 11.7. The van der Waals surface area contributed by atoms with Crippen LogP contribution in [0.2, 0.25) is 0 Å². The highest BCUT2D eigenvalue weighted by molar-refractivity contribution is 5.68. The molecule has 6 nitrogen and oxygen atoms in total. The van der Waals surface area contributed by atoms with Crippen molar-refractivity contribution in [2.75, 3.05) is 0 Å². The molecule has 1 aromatic carbocycles. The summed E-state index contributed by atoms with van der Waals surface area (Å²) >= 11 is 0. The molecule has 0 spiro atoms. The molecule has 3 aromatic rings. The Morgan fingerprint density at radius 1 is 1.19 bits per heavy atom. The molecule has 0 radical (unpaired) electrons. The minimum Gasteiger partial charge on any atom is -0.317 e. The number of H-pyrrole nitrogens is 2. The van der Waals surface area contributed by atoms with Crippen LogP contribution in [0.5, 0.6) is 0 Å². The molecule has 0 fully saturated rings. The van der Waals surface area contributed by atoms with E-state index in [1.807, 2.05) is 16.7 Å². The largest absolute Gasteiger partial charge is 0.327 e. The number of fused-ring (bicyclic) bond motifs is 1. The Balaban J connectivity index is 1.79. The smallest absolute Gasteiger partial charge is 0.317 e. The van der Waals surface area contributed by atoms with Crippen LogP contribution in [0.3, 0.4) is 0 Å². The van der Waals surface area contributed by atoms with Crippen molar-refractivity contribution in [2.24, 2.45) is 0 Å². The van der Waals surface area contributed by atoms with Crippen LogP contribution in [0.25, 0.3) is 11.2 Å². The van der Waals surface area contributed by atoms with Crippen molar-refractivity contribution in [1.29, 1.82) is 0 Å². The first-order chi connectivity index (χ1) is 10.1. The maximum Gasteiger partial charge on any atom is 0.327 e. The van der Waals surface area contributed by atoms with E-state index in [2.05, 4.69) is 34.0 Å². The number of aryl methyl sites for hydroxylation is 3. The SMILES string of the molecule is Cc1ccccc1CCCn1cnc2c(=O)[nH]c(=O)[nH]c21. The van der Waals surface area contributed by atoms with Gasteiger partial charge >= 0.3 is 5.69 Å². The first kappa shape index (κ1) is 13.4. The van der Waals surface area contributed by atoms with Gasteiger partial charge in [0.1, 0.15) is 5.65 Å². The third-order valence-electron chi connectivity index (χ3n) is 3.62. The highest BCUT2D eigenvalue weighted by Crippen LogP contribution is 2.11. The van der Waals surface area contributed by atoms with Crippen molar-refractivity contribution in [3.8, 4) is 0 Å². The zero-order chi connectivity index (χ0) is 14.8. The highest BCUT2D eigenvalue weighted by Gasteiger charge is 2.07. The summed E-state index contributed by atoms with van der Waals surface area (Å²) in [5, 5.41) is 0. The summed E-state index contributed by atoms with van der Waals surface area (Å²) in [5.41, 5.74) is 2.38. The van der Waals surface area contributed by atoms with E-state index in [0.717, 1.165) is 12.8 Å². The Labute approximate surface area is 120 Å². The predicted octanol–water partition coefficient (Wildman–Crippen LogP) is 1.35. The Bertz CT molecular complexity index is 888. The molecule has 0 atom stereocenters. The first-order valence-electron chi connectivity index (χ1n) is 6.87. The van der Waals surface area contributed by atoms with E-state index in [0.29, 0.717) is 12.2 Å². The van der Waals surface area contributed by atoms with Crippen LogP contribution in [0.4, 0.5) is 0 Å². The summed E-state index contributed by atoms with van der Waals surface area (Å²) in [4.78, 5) is 31.8. The molecule has 2 aromatic heterocycles. The lowest BCUT2D eigenvalue weighted by Crippen LogP contribution is -2.22. The van der Waals surface area contributed by atoms with Gasteiger partial charge in [0, 0.05) is 6.54 Å². The number of aromatic nitrogens is 4. The molecular weight excluding hydrogens is 268 g/mol. The lowest BCUT2D eigenvalue weighted by atomic mass is 10.0. The van der Waals surface area contributed by atoms with E-state index in [9.17, 15) is 9.59 Å². The minimum atomic E-state index is -0.506. The first-order valence-corrected chi connectivity index (χ1v) is 6.87. The Morgan fingerprint density at radius 3 is 2.81 bits per heavy atom. The van der Waals surface area contributed by atoms with E-state index in [1.54, 1.807) is 6.33 Å². The van der Waals surface area contributed by atoms with Gasteiger partial charge in [0.15, 0.2) is 5.52 Å². The monoisotopic (exact) mass is 284 g/mol. The molecule has 2 heterocycles. The van der Waals surface area contributed by atoms with Gasteiger partial charge in [-0.25, -0.2) is 9.78 Å². The van der Waals surface area contributed by atoms with Gasteiger partial charge in [-0.05, 0) is 30.9 Å². The third kappa shape index (κ3) is 2.65. The van der Waals surface area contributed by atoms with Crippen molar-refractivity contribution >= 4 is 11.2 Å². The third-order valence-corrected chi connectivity index (χ3v) is 3.62. The van der Waals surface area contributed by atoms with Crippen LogP contribution < -0.4 is 11.2 Å². The molecular formula is C15H16N4O2. The molecule has 0 saturated heterocycles. The van der Waals surface area contributed by atoms with Crippen molar-refractivity contribution in [2.45, 2.75) is 26.3 Å². The topological polar surface area (TPSA) is 83.5 Å². The molecule has 0 amide bonds. The Hall–Kier alpha value is -2.63. The summed E-state index contributed by atoms with van der Waals surface area (Å²) in [6.45, 7) is 2.79. The fourth-order valence-corrected chi connectivity index (χ4v) is 2.48. The van der Waals surface area contributed by atoms with Gasteiger partial charge in [0.05, 0.1) is 6.33 Å². The number of rotatable bonds is 4. The second-order valence-corrected chi connectivity index (χ2v) is 5.07. The standard InChI is InChI=1S/C15H16N4O2/c1-10-5-2-3-6-11(10)7-4-8-19-9-16-12-13(19)17-15(21)18-14(12)20/h2-3,5-6,9H,4,7-8H2,1H3,(H2,17,18,20,21). The van der Waals surface area contributed by atoms with E-state index < -0.39 is 11.2 Å². The van der Waals surface area contributed by atoms with E-state index in [4.69, 9.17) is 0 Å². The fraction of sp³-hybridized carbons (Fsp3) is 0.267. The normalized spacial score (nSPS) is 11.1. The second kappa shape index (κ2) is 5.40. The molecule has 3 rings (SSSR count). The summed E-state index contributed by atoms with van der Waals surface area (Å²) in [6, 6.07) is 8.28. The molecule has 2 N–H and O–H groups in total. The van der Waals surface area contributed by atoms with Crippen LogP contribution in [-0.2, 0) is 13.0 Å². The maximum atomic E-state index is 11.6. The molecule has 0 saturated carbocycles. The van der Waals surface area contributed by atoms with Gasteiger partial charge in [-0.2, -0.15) is 0 Å². The second-order valence-electron chi connectivity index (χ2n) is 5.07. The molecule has 0 unspecified atom stereocenters. The van der Waals surface area contributed by atoms with Crippen LogP contribution >= 0.6 is 0 Å². The number of nitrogens with one attached hydrogen (secondary N) is 2. The van der Waals surface area contributed by atoms with Gasteiger partial charge < -0.3 is 4.57 Å². The number of hydrogen-bond acceptors (Lipinski definition) is 3. The molecule has 108 valence electrons. The average molecular weight is 284 g/mol. The maximum absolute atomic E-state index is 11.6. The number of aromatic amines is 2. The van der Waals surface area contributed by atoms with Crippen LogP contribution in [0.1, 0.15) is 17.5 Å². The Kier molecular flexibility index (Phi) is 3.43. The van der Waals surface area contributed by atoms with Crippen molar-refractivity contribution in [3.05, 3.63) is 62.6 Å². The van der Waals surface area contributed by atoms with Crippen LogP contribution in [0.15, 0.2) is 40.2 Å². The van der Waals surface area contributed by atoms with E-state index in [-0.39, 0.29) is 5.52 Å². The molecule has 0 bridgehead atoms. The average Bonchev–Trinajstić information content (AvgIpc) is 2.84. The van der Waals surface area contributed by atoms with Crippen molar-refractivity contribution in [3.63, 3.8) is 0 Å². The Morgan fingerprint density at radius 2 is 2.00 bits per heavy atom. The quantitative estimate of drug-likeness (QED) is 0.758. The summed E-state index contributed by atoms with van der Waals surface area (Å²) < 4.78 is 1.81. The van der Waals surface area contributed by atoms with Crippen molar-refractivity contribution < 1.29 is 0 Å². The number of benzene rings is 1. The lowest BCUT2D eigenvalue weighted by molar-refractivity contribution is 0.650. The zero-order valence-corrected chi connectivity index (χ0v) is 11.7. The lowest BCUT2D eigenvalue weighted by Gasteiger charge is -2.06. The van der Waals surface area contributed by atoms with Gasteiger partial charge in [-0.1, -0.05) is 24.3 Å². The molecule has 6 heteroatoms.